The van der Waals surface area contributed by atoms with E-state index in [2.05, 4.69) is 0 Å². The van der Waals surface area contributed by atoms with Crippen LogP contribution in [0.2, 0.25) is 0 Å². The number of benzene rings is 1. The summed E-state index contributed by atoms with van der Waals surface area (Å²) in [5.41, 5.74) is 1.07. The summed E-state index contributed by atoms with van der Waals surface area (Å²) in [7, 11) is 0. The number of hydrogen-bond donors (Lipinski definition) is 0. The number of hydroxylamine groups is 2. The van der Waals surface area contributed by atoms with Crippen molar-refractivity contribution in [3.05, 3.63) is 35.9 Å². The minimum atomic E-state index is -0.528. The lowest BCUT2D eigenvalue weighted by Crippen LogP contribution is -2.30. The second-order valence-electron chi connectivity index (χ2n) is 3.46. The molecule has 0 fully saturated rings. The van der Waals surface area contributed by atoms with Gasteiger partial charge in [-0.15, -0.1) is 0 Å². The average molecular weight is 237 g/mol. The molecule has 0 unspecified atom stereocenters. The van der Waals surface area contributed by atoms with Gasteiger partial charge in [0.2, 0.25) is 0 Å². The summed E-state index contributed by atoms with van der Waals surface area (Å²) in [6.07, 6.45) is 0.612. The van der Waals surface area contributed by atoms with Crippen LogP contribution in [0.4, 0.5) is 0 Å². The predicted molar refractivity (Wildman–Crippen MR) is 60.4 cm³/mol. The smallest absolute Gasteiger partial charge is 0.326 e. The number of rotatable bonds is 5. The Morgan fingerprint density at radius 1 is 1.06 bits per heavy atom. The molecule has 5 nitrogen and oxygen atoms in total. The van der Waals surface area contributed by atoms with E-state index in [1.165, 1.54) is 13.8 Å². The predicted octanol–water partition coefficient (Wildman–Crippen LogP) is 1.49. The van der Waals surface area contributed by atoms with Crippen LogP contribution in [0.3, 0.4) is 0 Å². The lowest BCUT2D eigenvalue weighted by Gasteiger charge is -2.17. The maximum atomic E-state index is 10.8. The van der Waals surface area contributed by atoms with E-state index in [4.69, 9.17) is 9.68 Å². The van der Waals surface area contributed by atoms with Crippen molar-refractivity contribution in [3.63, 3.8) is 0 Å². The van der Waals surface area contributed by atoms with Gasteiger partial charge in [0, 0.05) is 19.1 Å². The molecule has 0 spiro atoms. The van der Waals surface area contributed by atoms with Crippen LogP contribution in [0.15, 0.2) is 30.3 Å². The molecule has 0 saturated carbocycles. The second-order valence-corrected chi connectivity index (χ2v) is 3.46. The van der Waals surface area contributed by atoms with Crippen molar-refractivity contribution < 1.29 is 19.3 Å². The van der Waals surface area contributed by atoms with Gasteiger partial charge in [0.05, 0.1) is 6.54 Å². The maximum absolute atomic E-state index is 10.8. The van der Waals surface area contributed by atoms with E-state index in [9.17, 15) is 9.59 Å². The molecular weight excluding hydrogens is 222 g/mol. The highest BCUT2D eigenvalue weighted by Gasteiger charge is 2.12. The molecule has 0 atom stereocenters. The minimum absolute atomic E-state index is 0.295. The van der Waals surface area contributed by atoms with Gasteiger partial charge in [-0.2, -0.15) is 0 Å². The Balaban J connectivity index is 2.48. The van der Waals surface area contributed by atoms with Crippen molar-refractivity contribution in [3.8, 4) is 0 Å². The molecule has 0 aliphatic heterocycles. The van der Waals surface area contributed by atoms with Gasteiger partial charge >= 0.3 is 11.9 Å². The van der Waals surface area contributed by atoms with Crippen LogP contribution in [0.5, 0.6) is 0 Å². The number of hydrogen-bond acceptors (Lipinski definition) is 5. The summed E-state index contributed by atoms with van der Waals surface area (Å²) in [4.78, 5) is 31.1. The maximum Gasteiger partial charge on any atom is 0.326 e. The summed E-state index contributed by atoms with van der Waals surface area (Å²) >= 11 is 0. The first kappa shape index (κ1) is 13.2. The first-order chi connectivity index (χ1) is 8.08. The Morgan fingerprint density at radius 2 is 1.59 bits per heavy atom. The van der Waals surface area contributed by atoms with Gasteiger partial charge in [-0.1, -0.05) is 30.3 Å². The first-order valence-corrected chi connectivity index (χ1v) is 5.26. The van der Waals surface area contributed by atoms with Gasteiger partial charge in [0.1, 0.15) is 0 Å². The van der Waals surface area contributed by atoms with Crippen LogP contribution in [0, 0.1) is 0 Å². The molecule has 1 aromatic rings. The molecule has 0 aliphatic rings. The van der Waals surface area contributed by atoms with Crippen LogP contribution in [-0.4, -0.2) is 23.7 Å². The van der Waals surface area contributed by atoms with Crippen LogP contribution in [0.1, 0.15) is 19.4 Å². The second kappa shape index (κ2) is 6.65. The zero-order chi connectivity index (χ0) is 12.7. The normalized spacial score (nSPS) is 10.1. The standard InChI is InChI=1S/C12H15NO4/c1-10(14)16-13(17-11(2)15)9-8-12-6-4-3-5-7-12/h3-7H,8-9H2,1-2H3. The third-order valence-corrected chi connectivity index (χ3v) is 1.89. The van der Waals surface area contributed by atoms with Crippen molar-refractivity contribution in [2.75, 3.05) is 6.54 Å². The molecule has 5 heteroatoms. The Kier molecular flexibility index (Phi) is 5.16. The highest BCUT2D eigenvalue weighted by atomic mass is 17.0. The molecule has 0 amide bonds. The van der Waals surface area contributed by atoms with Gasteiger partial charge in [-0.05, 0) is 12.0 Å². The third kappa shape index (κ3) is 5.67. The van der Waals surface area contributed by atoms with Crippen LogP contribution < -0.4 is 0 Å². The van der Waals surface area contributed by atoms with Gasteiger partial charge in [0.25, 0.3) is 0 Å². The molecule has 0 aliphatic carbocycles. The topological polar surface area (TPSA) is 55.8 Å². The van der Waals surface area contributed by atoms with Crippen molar-refractivity contribution in [2.45, 2.75) is 20.3 Å². The summed E-state index contributed by atoms with van der Waals surface area (Å²) in [5, 5.41) is 0.900. The molecule has 1 rings (SSSR count). The van der Waals surface area contributed by atoms with Crippen molar-refractivity contribution in [1.82, 2.24) is 5.23 Å². The van der Waals surface area contributed by atoms with E-state index in [-0.39, 0.29) is 0 Å². The zero-order valence-corrected chi connectivity index (χ0v) is 9.88. The Morgan fingerprint density at radius 3 is 2.06 bits per heavy atom. The highest BCUT2D eigenvalue weighted by molar-refractivity contribution is 5.67. The lowest BCUT2D eigenvalue weighted by atomic mass is 10.2. The molecule has 0 heterocycles. The van der Waals surface area contributed by atoms with E-state index in [0.717, 1.165) is 10.8 Å². The van der Waals surface area contributed by atoms with Crippen molar-refractivity contribution >= 4 is 11.9 Å². The highest BCUT2D eigenvalue weighted by Crippen LogP contribution is 2.03. The van der Waals surface area contributed by atoms with E-state index in [1.54, 1.807) is 0 Å². The number of carbonyl (C=O) groups excluding carboxylic acids is 2. The largest absolute Gasteiger partial charge is 0.333 e. The molecule has 92 valence electrons. The molecule has 0 radical (unpaired) electrons. The third-order valence-electron chi connectivity index (χ3n) is 1.89. The zero-order valence-electron chi connectivity index (χ0n) is 9.88. The van der Waals surface area contributed by atoms with Gasteiger partial charge in [-0.25, -0.2) is 0 Å². The SMILES string of the molecule is CC(=O)ON(CCc1ccccc1)OC(C)=O. The summed E-state index contributed by atoms with van der Waals surface area (Å²) in [5.74, 6) is -1.06. The molecule has 0 saturated heterocycles. The van der Waals surface area contributed by atoms with Crippen molar-refractivity contribution in [2.24, 2.45) is 0 Å². The molecule has 0 bridgehead atoms. The fourth-order valence-corrected chi connectivity index (χ4v) is 1.26. The van der Waals surface area contributed by atoms with Crippen LogP contribution in [0.25, 0.3) is 0 Å². The Bertz CT molecular complexity index is 361. The summed E-state index contributed by atoms with van der Waals surface area (Å²) < 4.78 is 0. The van der Waals surface area contributed by atoms with Gasteiger partial charge < -0.3 is 9.68 Å². The molecule has 17 heavy (non-hydrogen) atoms. The molecule has 1 aromatic carbocycles. The van der Waals surface area contributed by atoms with E-state index in [1.807, 2.05) is 30.3 Å². The van der Waals surface area contributed by atoms with Gasteiger partial charge in [0.15, 0.2) is 0 Å². The summed E-state index contributed by atoms with van der Waals surface area (Å²) in [6.45, 7) is 2.79. The molecule has 0 aromatic heterocycles. The molecular formula is C12H15NO4. The number of nitrogens with zero attached hydrogens (tertiary/aromatic N) is 1. The minimum Gasteiger partial charge on any atom is -0.333 e. The first-order valence-electron chi connectivity index (χ1n) is 5.26. The lowest BCUT2D eigenvalue weighted by molar-refractivity contribution is -0.322. The average Bonchev–Trinajstić information content (AvgIpc) is 2.26. The monoisotopic (exact) mass is 237 g/mol. The quantitative estimate of drug-likeness (QED) is 0.726. The van der Waals surface area contributed by atoms with Crippen LogP contribution in [-0.2, 0) is 25.7 Å². The number of carbonyl (C=O) groups is 2. The van der Waals surface area contributed by atoms with E-state index < -0.39 is 11.9 Å². The van der Waals surface area contributed by atoms with E-state index >= 15 is 0 Å². The van der Waals surface area contributed by atoms with Gasteiger partial charge in [-0.3, -0.25) is 9.59 Å². The summed E-state index contributed by atoms with van der Waals surface area (Å²) in [6, 6.07) is 9.63. The van der Waals surface area contributed by atoms with E-state index in [0.29, 0.717) is 13.0 Å². The fraction of sp³-hybridized carbons (Fsp3) is 0.333. The molecule has 0 N–H and O–H groups in total. The Labute approximate surface area is 99.8 Å². The van der Waals surface area contributed by atoms with Crippen molar-refractivity contribution in [1.29, 1.82) is 0 Å². The Hall–Kier alpha value is -1.88. The van der Waals surface area contributed by atoms with Crippen LogP contribution >= 0.6 is 0 Å². The fourth-order valence-electron chi connectivity index (χ4n) is 1.26.